The molecule has 1 heterocycles. The molecule has 4 heteroatoms. The number of benzene rings is 1. The van der Waals surface area contributed by atoms with Gasteiger partial charge in [0, 0.05) is 30.1 Å². The van der Waals surface area contributed by atoms with E-state index < -0.39 is 0 Å². The summed E-state index contributed by atoms with van der Waals surface area (Å²) >= 11 is 0. The van der Waals surface area contributed by atoms with E-state index >= 15 is 0 Å². The predicted molar refractivity (Wildman–Crippen MR) is 75.0 cm³/mol. The lowest BCUT2D eigenvalue weighted by Gasteiger charge is -2.03. The molecule has 0 fully saturated rings. The molecule has 0 aliphatic carbocycles. The minimum atomic E-state index is -0.227. The second-order valence-electron chi connectivity index (χ2n) is 4.19. The van der Waals surface area contributed by atoms with E-state index in [1.807, 2.05) is 37.3 Å². The van der Waals surface area contributed by atoms with Gasteiger partial charge in [0.05, 0.1) is 0 Å². The molecule has 96 valence electrons. The highest BCUT2D eigenvalue weighted by atomic mass is 16.2. The molecule has 4 nitrogen and oxygen atoms in total. The Morgan fingerprint density at radius 2 is 1.84 bits per heavy atom. The highest BCUT2D eigenvalue weighted by Crippen LogP contribution is 2.01. The monoisotopic (exact) mass is 253 g/mol. The maximum atomic E-state index is 11.8. The van der Waals surface area contributed by atoms with Gasteiger partial charge >= 0.3 is 0 Å². The third kappa shape index (κ3) is 4.03. The van der Waals surface area contributed by atoms with Crippen LogP contribution in [0.4, 0.5) is 0 Å². The maximum Gasteiger partial charge on any atom is 0.271 e. The van der Waals surface area contributed by atoms with Crippen molar-refractivity contribution >= 4 is 11.6 Å². The summed E-state index contributed by atoms with van der Waals surface area (Å²) in [5.74, 6) is -0.227. The van der Waals surface area contributed by atoms with Crippen molar-refractivity contribution in [3.8, 4) is 0 Å². The first-order chi connectivity index (χ1) is 9.25. The van der Waals surface area contributed by atoms with E-state index in [1.54, 1.807) is 24.5 Å². The van der Waals surface area contributed by atoms with Crippen LogP contribution in [0.15, 0.2) is 60.0 Å². The summed E-state index contributed by atoms with van der Waals surface area (Å²) in [5, 5.41) is 4.09. The largest absolute Gasteiger partial charge is 0.271 e. The second kappa shape index (κ2) is 6.44. The van der Waals surface area contributed by atoms with E-state index in [2.05, 4.69) is 15.5 Å². The van der Waals surface area contributed by atoms with Crippen LogP contribution in [0.2, 0.25) is 0 Å². The number of carbonyl (C=O) groups is 1. The molecule has 0 radical (unpaired) electrons. The van der Waals surface area contributed by atoms with Gasteiger partial charge in [0.2, 0.25) is 0 Å². The molecule has 2 rings (SSSR count). The molecular formula is C15H15N3O. The molecule has 0 saturated heterocycles. The number of nitrogens with one attached hydrogen (secondary N) is 1. The molecule has 1 N–H and O–H groups in total. The Morgan fingerprint density at radius 1 is 1.16 bits per heavy atom. The van der Waals surface area contributed by atoms with Crippen LogP contribution in [-0.4, -0.2) is 16.6 Å². The molecule has 0 aliphatic rings. The lowest BCUT2D eigenvalue weighted by atomic mass is 10.1. The molecule has 1 aromatic heterocycles. The molecule has 19 heavy (non-hydrogen) atoms. The van der Waals surface area contributed by atoms with Crippen molar-refractivity contribution in [3.63, 3.8) is 0 Å². The average molecular weight is 253 g/mol. The van der Waals surface area contributed by atoms with Crippen LogP contribution >= 0.6 is 0 Å². The maximum absolute atomic E-state index is 11.8. The van der Waals surface area contributed by atoms with Crippen molar-refractivity contribution in [2.75, 3.05) is 0 Å². The van der Waals surface area contributed by atoms with Gasteiger partial charge in [-0.1, -0.05) is 30.3 Å². The second-order valence-corrected chi connectivity index (χ2v) is 4.19. The van der Waals surface area contributed by atoms with Crippen molar-refractivity contribution in [1.82, 2.24) is 10.4 Å². The molecule has 1 aromatic carbocycles. The van der Waals surface area contributed by atoms with Gasteiger partial charge in [0.1, 0.15) is 0 Å². The van der Waals surface area contributed by atoms with Crippen LogP contribution in [0.5, 0.6) is 0 Å². The molecule has 0 aliphatic heterocycles. The van der Waals surface area contributed by atoms with E-state index in [9.17, 15) is 4.79 Å². The number of hydrogen-bond donors (Lipinski definition) is 1. The van der Waals surface area contributed by atoms with Crippen molar-refractivity contribution in [2.45, 2.75) is 13.3 Å². The number of pyridine rings is 1. The zero-order chi connectivity index (χ0) is 13.5. The Kier molecular flexibility index (Phi) is 4.39. The molecule has 0 spiro atoms. The van der Waals surface area contributed by atoms with Gasteiger partial charge in [-0.25, -0.2) is 5.43 Å². The molecule has 0 unspecified atom stereocenters. The fraction of sp³-hybridized carbons (Fsp3) is 0.133. The number of nitrogens with zero attached hydrogens (tertiary/aromatic N) is 2. The highest BCUT2D eigenvalue weighted by Gasteiger charge is 2.03. The molecule has 1 amide bonds. The van der Waals surface area contributed by atoms with Gasteiger partial charge in [-0.2, -0.15) is 5.10 Å². The quantitative estimate of drug-likeness (QED) is 0.672. The SMILES string of the molecule is C/C(Cc1ccccc1)=N/NC(=O)c1ccncc1. The Morgan fingerprint density at radius 3 is 2.53 bits per heavy atom. The highest BCUT2D eigenvalue weighted by molar-refractivity contribution is 5.95. The summed E-state index contributed by atoms with van der Waals surface area (Å²) in [6.45, 7) is 1.89. The van der Waals surface area contributed by atoms with Crippen molar-refractivity contribution in [1.29, 1.82) is 0 Å². The van der Waals surface area contributed by atoms with E-state index in [0.29, 0.717) is 5.56 Å². The lowest BCUT2D eigenvalue weighted by molar-refractivity contribution is 0.0954. The Hall–Kier alpha value is -2.49. The number of amides is 1. The van der Waals surface area contributed by atoms with Gasteiger partial charge < -0.3 is 0 Å². The topological polar surface area (TPSA) is 54.4 Å². The van der Waals surface area contributed by atoms with Gasteiger partial charge in [-0.3, -0.25) is 9.78 Å². The number of carbonyl (C=O) groups excluding carboxylic acids is 1. The summed E-state index contributed by atoms with van der Waals surface area (Å²) in [6.07, 6.45) is 3.88. The molecule has 0 bridgehead atoms. The van der Waals surface area contributed by atoms with E-state index in [4.69, 9.17) is 0 Å². The minimum Gasteiger partial charge on any atom is -0.267 e. The first kappa shape index (κ1) is 13.0. The van der Waals surface area contributed by atoms with Crippen LogP contribution in [0, 0.1) is 0 Å². The van der Waals surface area contributed by atoms with Crippen LogP contribution in [0.25, 0.3) is 0 Å². The first-order valence-corrected chi connectivity index (χ1v) is 6.03. The van der Waals surface area contributed by atoms with Gasteiger partial charge in [-0.15, -0.1) is 0 Å². The van der Waals surface area contributed by atoms with Gasteiger partial charge in [0.25, 0.3) is 5.91 Å². The Labute approximate surface area is 112 Å². The van der Waals surface area contributed by atoms with Crippen molar-refractivity contribution in [3.05, 3.63) is 66.0 Å². The summed E-state index contributed by atoms with van der Waals surface area (Å²) in [5.41, 5.74) is 5.11. The number of rotatable bonds is 4. The minimum absolute atomic E-state index is 0.227. The number of hydrazone groups is 1. The average Bonchev–Trinajstić information content (AvgIpc) is 2.47. The Bertz CT molecular complexity index is 564. The van der Waals surface area contributed by atoms with Crippen LogP contribution in [-0.2, 0) is 6.42 Å². The summed E-state index contributed by atoms with van der Waals surface area (Å²) in [6, 6.07) is 13.3. The normalized spacial score (nSPS) is 11.1. The summed E-state index contributed by atoms with van der Waals surface area (Å²) in [7, 11) is 0. The van der Waals surface area contributed by atoms with E-state index in [1.165, 1.54) is 5.56 Å². The predicted octanol–water partition coefficient (Wildman–Crippen LogP) is 2.43. The fourth-order valence-corrected chi connectivity index (χ4v) is 1.64. The smallest absolute Gasteiger partial charge is 0.267 e. The van der Waals surface area contributed by atoms with E-state index in [-0.39, 0.29) is 5.91 Å². The number of aromatic nitrogens is 1. The molecule has 0 saturated carbocycles. The van der Waals surface area contributed by atoms with Crippen LogP contribution < -0.4 is 5.43 Å². The first-order valence-electron chi connectivity index (χ1n) is 6.03. The summed E-state index contributed by atoms with van der Waals surface area (Å²) < 4.78 is 0. The molecule has 0 atom stereocenters. The molecular weight excluding hydrogens is 238 g/mol. The van der Waals surface area contributed by atoms with E-state index in [0.717, 1.165) is 12.1 Å². The van der Waals surface area contributed by atoms with Crippen LogP contribution in [0.3, 0.4) is 0 Å². The molecule has 2 aromatic rings. The van der Waals surface area contributed by atoms with Crippen molar-refractivity contribution < 1.29 is 4.79 Å². The lowest BCUT2D eigenvalue weighted by Crippen LogP contribution is -2.19. The Balaban J connectivity index is 1.93. The number of hydrogen-bond acceptors (Lipinski definition) is 3. The van der Waals surface area contributed by atoms with Crippen LogP contribution in [0.1, 0.15) is 22.8 Å². The van der Waals surface area contributed by atoms with Gasteiger partial charge in [-0.05, 0) is 24.6 Å². The summed E-state index contributed by atoms with van der Waals surface area (Å²) in [4.78, 5) is 15.6. The standard InChI is InChI=1S/C15H15N3O/c1-12(11-13-5-3-2-4-6-13)17-18-15(19)14-7-9-16-10-8-14/h2-10H,11H2,1H3,(H,18,19)/b17-12-. The van der Waals surface area contributed by atoms with Gasteiger partial charge in [0.15, 0.2) is 0 Å². The zero-order valence-electron chi connectivity index (χ0n) is 10.7. The third-order valence-electron chi connectivity index (χ3n) is 2.59. The fourth-order valence-electron chi connectivity index (χ4n) is 1.64. The third-order valence-corrected chi connectivity index (χ3v) is 2.59. The zero-order valence-corrected chi connectivity index (χ0v) is 10.7. The van der Waals surface area contributed by atoms with Crippen molar-refractivity contribution in [2.24, 2.45) is 5.10 Å².